The third-order valence-corrected chi connectivity index (χ3v) is 4.23. The molecule has 0 saturated carbocycles. The van der Waals surface area contributed by atoms with Crippen molar-refractivity contribution in [2.45, 2.75) is 33.4 Å². The lowest BCUT2D eigenvalue weighted by molar-refractivity contribution is -0.152. The Hall–Kier alpha value is -3.15. The Balaban J connectivity index is 2.21. The average molecular weight is 383 g/mol. The van der Waals surface area contributed by atoms with E-state index in [1.807, 2.05) is 49.4 Å². The number of alkyl carbamates (subject to hydrolysis) is 1. The maximum atomic E-state index is 12.4. The predicted octanol–water partition coefficient (Wildman–Crippen LogP) is 3.73. The van der Waals surface area contributed by atoms with E-state index >= 15 is 0 Å². The lowest BCUT2D eigenvalue weighted by atomic mass is 9.89. The zero-order valence-corrected chi connectivity index (χ0v) is 16.3. The number of benzene rings is 2. The molecule has 148 valence electrons. The molecule has 2 atom stereocenters. The number of rotatable bonds is 8. The van der Waals surface area contributed by atoms with Gasteiger partial charge in [-0.3, -0.25) is 9.59 Å². The standard InChI is InChI=1S/C22H25NO5/c1-4-27-21(25)19(16(3)24)20(18-12-10-15(2)11-13-18)23-22(26)28-14-17-8-6-5-7-9-17/h5-13,19-20H,4,14H2,1-3H3,(H,23,26). The molecule has 1 amide bonds. The molecule has 0 aliphatic carbocycles. The summed E-state index contributed by atoms with van der Waals surface area (Å²) in [6.07, 6.45) is -0.718. The van der Waals surface area contributed by atoms with E-state index in [2.05, 4.69) is 5.32 Å². The molecule has 0 heterocycles. The summed E-state index contributed by atoms with van der Waals surface area (Å²) in [7, 11) is 0. The SMILES string of the molecule is CCOC(=O)C(C(C)=O)C(NC(=O)OCc1ccccc1)c1ccc(C)cc1. The van der Waals surface area contributed by atoms with Gasteiger partial charge in [0, 0.05) is 0 Å². The van der Waals surface area contributed by atoms with Crippen molar-refractivity contribution >= 4 is 17.8 Å². The number of carbonyl (C=O) groups excluding carboxylic acids is 3. The van der Waals surface area contributed by atoms with Gasteiger partial charge in [-0.15, -0.1) is 0 Å². The van der Waals surface area contributed by atoms with Crippen molar-refractivity contribution in [1.29, 1.82) is 0 Å². The lowest BCUT2D eigenvalue weighted by Crippen LogP contribution is -2.41. The molecule has 0 saturated heterocycles. The molecular weight excluding hydrogens is 358 g/mol. The van der Waals surface area contributed by atoms with Crippen LogP contribution in [0.3, 0.4) is 0 Å². The predicted molar refractivity (Wildman–Crippen MR) is 104 cm³/mol. The van der Waals surface area contributed by atoms with Gasteiger partial charge < -0.3 is 14.8 Å². The number of ether oxygens (including phenoxy) is 2. The molecule has 0 bridgehead atoms. The first-order chi connectivity index (χ1) is 13.4. The number of nitrogens with one attached hydrogen (secondary N) is 1. The molecule has 28 heavy (non-hydrogen) atoms. The van der Waals surface area contributed by atoms with E-state index in [-0.39, 0.29) is 13.2 Å². The first-order valence-corrected chi connectivity index (χ1v) is 9.13. The molecular formula is C22H25NO5. The second-order valence-corrected chi connectivity index (χ2v) is 6.43. The fraction of sp³-hybridized carbons (Fsp3) is 0.318. The molecule has 2 rings (SSSR count). The fourth-order valence-corrected chi connectivity index (χ4v) is 2.79. The van der Waals surface area contributed by atoms with Gasteiger partial charge in [0.1, 0.15) is 18.3 Å². The molecule has 0 spiro atoms. The highest BCUT2D eigenvalue weighted by molar-refractivity contribution is 5.99. The zero-order chi connectivity index (χ0) is 20.5. The van der Waals surface area contributed by atoms with Crippen molar-refractivity contribution in [2.24, 2.45) is 5.92 Å². The van der Waals surface area contributed by atoms with Gasteiger partial charge in [0.15, 0.2) is 0 Å². The number of carbonyl (C=O) groups is 3. The summed E-state index contributed by atoms with van der Waals surface area (Å²) in [5, 5.41) is 2.66. The van der Waals surface area contributed by atoms with Gasteiger partial charge >= 0.3 is 12.1 Å². The first kappa shape index (κ1) is 21.2. The van der Waals surface area contributed by atoms with E-state index in [1.165, 1.54) is 6.92 Å². The quantitative estimate of drug-likeness (QED) is 0.555. The minimum absolute atomic E-state index is 0.0808. The summed E-state index contributed by atoms with van der Waals surface area (Å²) >= 11 is 0. The molecule has 0 aliphatic heterocycles. The van der Waals surface area contributed by atoms with Gasteiger partial charge in [-0.05, 0) is 31.9 Å². The highest BCUT2D eigenvalue weighted by Crippen LogP contribution is 2.25. The number of hydrogen-bond acceptors (Lipinski definition) is 5. The Kier molecular flexibility index (Phi) is 7.75. The normalized spacial score (nSPS) is 12.5. The molecule has 2 unspecified atom stereocenters. The van der Waals surface area contributed by atoms with Gasteiger partial charge in [-0.25, -0.2) is 4.79 Å². The summed E-state index contributed by atoms with van der Waals surface area (Å²) in [4.78, 5) is 37.0. The monoisotopic (exact) mass is 383 g/mol. The number of amides is 1. The number of Topliss-reactive ketones (excluding diaryl/α,β-unsaturated/α-hetero) is 1. The third kappa shape index (κ3) is 5.94. The Morgan fingerprint density at radius 1 is 0.964 bits per heavy atom. The molecule has 0 fully saturated rings. The van der Waals surface area contributed by atoms with Crippen LogP contribution in [0, 0.1) is 12.8 Å². The van der Waals surface area contributed by atoms with E-state index in [1.54, 1.807) is 19.1 Å². The van der Waals surface area contributed by atoms with Crippen LogP contribution >= 0.6 is 0 Å². The summed E-state index contributed by atoms with van der Waals surface area (Å²) in [5.41, 5.74) is 2.47. The molecule has 6 nitrogen and oxygen atoms in total. The average Bonchev–Trinajstić information content (AvgIpc) is 2.67. The van der Waals surface area contributed by atoms with E-state index in [0.717, 1.165) is 11.1 Å². The molecule has 2 aromatic rings. The smallest absolute Gasteiger partial charge is 0.407 e. The van der Waals surface area contributed by atoms with Gasteiger partial charge in [0.2, 0.25) is 0 Å². The highest BCUT2D eigenvalue weighted by Gasteiger charge is 2.36. The van der Waals surface area contributed by atoms with Gasteiger partial charge in [-0.2, -0.15) is 0 Å². The van der Waals surface area contributed by atoms with Crippen molar-refractivity contribution in [1.82, 2.24) is 5.32 Å². The van der Waals surface area contributed by atoms with Crippen LogP contribution in [-0.4, -0.2) is 24.5 Å². The second-order valence-electron chi connectivity index (χ2n) is 6.43. The Morgan fingerprint density at radius 3 is 2.18 bits per heavy atom. The van der Waals surface area contributed by atoms with E-state index < -0.39 is 29.8 Å². The minimum Gasteiger partial charge on any atom is -0.465 e. The van der Waals surface area contributed by atoms with E-state index in [9.17, 15) is 14.4 Å². The summed E-state index contributed by atoms with van der Waals surface area (Å²) in [5.74, 6) is -2.23. The summed E-state index contributed by atoms with van der Waals surface area (Å²) < 4.78 is 10.3. The van der Waals surface area contributed by atoms with Crippen LogP contribution in [0.1, 0.15) is 36.6 Å². The second kappa shape index (κ2) is 10.3. The fourth-order valence-electron chi connectivity index (χ4n) is 2.79. The van der Waals surface area contributed by atoms with E-state index in [4.69, 9.17) is 9.47 Å². The molecule has 2 aromatic carbocycles. The largest absolute Gasteiger partial charge is 0.465 e. The van der Waals surface area contributed by atoms with Crippen molar-refractivity contribution < 1.29 is 23.9 Å². The third-order valence-electron chi connectivity index (χ3n) is 4.23. The Labute approximate surface area is 164 Å². The number of hydrogen-bond donors (Lipinski definition) is 1. The molecule has 6 heteroatoms. The topological polar surface area (TPSA) is 81.7 Å². The van der Waals surface area contributed by atoms with Crippen LogP contribution in [0.15, 0.2) is 54.6 Å². The van der Waals surface area contributed by atoms with Gasteiger partial charge in [0.25, 0.3) is 0 Å². The van der Waals surface area contributed by atoms with Crippen LogP contribution in [0.2, 0.25) is 0 Å². The molecule has 0 aromatic heterocycles. The molecule has 1 N–H and O–H groups in total. The minimum atomic E-state index is -1.16. The van der Waals surface area contributed by atoms with Crippen LogP contribution in [0.4, 0.5) is 4.79 Å². The number of ketones is 1. The zero-order valence-electron chi connectivity index (χ0n) is 16.3. The van der Waals surface area contributed by atoms with Crippen LogP contribution in [0.5, 0.6) is 0 Å². The lowest BCUT2D eigenvalue weighted by Gasteiger charge is -2.25. The highest BCUT2D eigenvalue weighted by atomic mass is 16.5. The maximum Gasteiger partial charge on any atom is 0.407 e. The van der Waals surface area contributed by atoms with Crippen LogP contribution in [-0.2, 0) is 25.7 Å². The van der Waals surface area contributed by atoms with E-state index in [0.29, 0.717) is 5.56 Å². The maximum absolute atomic E-state index is 12.4. The van der Waals surface area contributed by atoms with Gasteiger partial charge in [-0.1, -0.05) is 60.2 Å². The van der Waals surface area contributed by atoms with Crippen LogP contribution in [0.25, 0.3) is 0 Å². The van der Waals surface area contributed by atoms with Gasteiger partial charge in [0.05, 0.1) is 12.6 Å². The van der Waals surface area contributed by atoms with Crippen molar-refractivity contribution in [2.75, 3.05) is 6.61 Å². The van der Waals surface area contributed by atoms with Crippen molar-refractivity contribution in [3.05, 3.63) is 71.3 Å². The number of esters is 1. The summed E-state index contributed by atoms with van der Waals surface area (Å²) in [6, 6.07) is 15.6. The Morgan fingerprint density at radius 2 is 1.61 bits per heavy atom. The Bertz CT molecular complexity index is 801. The first-order valence-electron chi connectivity index (χ1n) is 9.13. The number of aryl methyl sites for hydroxylation is 1. The van der Waals surface area contributed by atoms with Crippen molar-refractivity contribution in [3.8, 4) is 0 Å². The molecule has 0 radical (unpaired) electrons. The molecule has 0 aliphatic rings. The van der Waals surface area contributed by atoms with Crippen molar-refractivity contribution in [3.63, 3.8) is 0 Å². The summed E-state index contributed by atoms with van der Waals surface area (Å²) in [6.45, 7) is 5.12. The van der Waals surface area contributed by atoms with Crippen LogP contribution < -0.4 is 5.32 Å².